The van der Waals surface area contributed by atoms with Gasteiger partial charge in [-0.05, 0) is 35.7 Å². The van der Waals surface area contributed by atoms with Gasteiger partial charge in [0, 0.05) is 18.5 Å². The molecule has 148 valence electrons. The molecule has 2 amide bonds. The van der Waals surface area contributed by atoms with Crippen molar-refractivity contribution in [2.45, 2.75) is 26.3 Å². The van der Waals surface area contributed by atoms with E-state index in [2.05, 4.69) is 24.5 Å². The van der Waals surface area contributed by atoms with Gasteiger partial charge in [-0.15, -0.1) is 0 Å². The standard InChI is InChI=1S/C22H26N2O4/c1-15(2)21(17-8-9-18-19(14-17)28-13-12-27-18)24-20(25)10-11-23-22(26)16-6-4-3-5-7-16/h3-9,14-15,21H,10-13H2,1-2H3,(H,23,26)(H,24,25)/t21-/m1/s1. The summed E-state index contributed by atoms with van der Waals surface area (Å²) in [4.78, 5) is 24.5. The van der Waals surface area contributed by atoms with Crippen LogP contribution in [0.15, 0.2) is 48.5 Å². The predicted octanol–water partition coefficient (Wildman–Crippen LogP) is 3.09. The second-order valence-electron chi connectivity index (χ2n) is 7.06. The number of hydrogen-bond donors (Lipinski definition) is 2. The molecule has 0 radical (unpaired) electrons. The summed E-state index contributed by atoms with van der Waals surface area (Å²) in [5, 5.41) is 5.84. The summed E-state index contributed by atoms with van der Waals surface area (Å²) < 4.78 is 11.2. The van der Waals surface area contributed by atoms with E-state index >= 15 is 0 Å². The largest absolute Gasteiger partial charge is 0.486 e. The first kappa shape index (κ1) is 19.7. The first-order chi connectivity index (χ1) is 13.5. The Balaban J connectivity index is 1.55. The van der Waals surface area contributed by atoms with Gasteiger partial charge in [0.05, 0.1) is 6.04 Å². The van der Waals surface area contributed by atoms with Crippen LogP contribution in [0.1, 0.15) is 42.2 Å². The molecule has 2 aromatic carbocycles. The maximum absolute atomic E-state index is 12.4. The van der Waals surface area contributed by atoms with E-state index in [9.17, 15) is 9.59 Å². The molecular weight excluding hydrogens is 356 g/mol. The number of rotatable bonds is 7. The number of carbonyl (C=O) groups is 2. The average Bonchev–Trinajstić information content (AvgIpc) is 2.72. The number of amides is 2. The molecule has 28 heavy (non-hydrogen) atoms. The molecule has 0 aliphatic carbocycles. The van der Waals surface area contributed by atoms with Crippen LogP contribution in [0.4, 0.5) is 0 Å². The van der Waals surface area contributed by atoms with Crippen LogP contribution in [0, 0.1) is 5.92 Å². The van der Waals surface area contributed by atoms with E-state index in [1.807, 2.05) is 36.4 Å². The highest BCUT2D eigenvalue weighted by atomic mass is 16.6. The Kier molecular flexibility index (Phi) is 6.53. The number of carbonyl (C=O) groups excluding carboxylic acids is 2. The Morgan fingerprint density at radius 3 is 2.43 bits per heavy atom. The third-order valence-corrected chi connectivity index (χ3v) is 4.58. The van der Waals surface area contributed by atoms with E-state index in [0.29, 0.717) is 24.5 Å². The molecule has 2 N–H and O–H groups in total. The third kappa shape index (κ3) is 5.03. The van der Waals surface area contributed by atoms with Crippen LogP contribution in [0.5, 0.6) is 11.5 Å². The number of hydrogen-bond acceptors (Lipinski definition) is 4. The lowest BCUT2D eigenvalue weighted by atomic mass is 9.95. The van der Waals surface area contributed by atoms with Crippen LogP contribution >= 0.6 is 0 Å². The number of nitrogens with one attached hydrogen (secondary N) is 2. The minimum Gasteiger partial charge on any atom is -0.486 e. The number of ether oxygens (including phenoxy) is 2. The highest BCUT2D eigenvalue weighted by Gasteiger charge is 2.21. The molecule has 0 bridgehead atoms. The van der Waals surface area contributed by atoms with Gasteiger partial charge in [-0.25, -0.2) is 0 Å². The van der Waals surface area contributed by atoms with Gasteiger partial charge in [0.1, 0.15) is 13.2 Å². The zero-order valence-corrected chi connectivity index (χ0v) is 16.2. The fourth-order valence-electron chi connectivity index (χ4n) is 3.12. The molecule has 3 rings (SSSR count). The lowest BCUT2D eigenvalue weighted by molar-refractivity contribution is -0.122. The zero-order valence-electron chi connectivity index (χ0n) is 16.2. The molecule has 0 aromatic heterocycles. The SMILES string of the molecule is CC(C)[C@@H](NC(=O)CCNC(=O)c1ccccc1)c1ccc2c(c1)OCCO2. The second-order valence-corrected chi connectivity index (χ2v) is 7.06. The molecule has 0 unspecified atom stereocenters. The van der Waals surface area contributed by atoms with Gasteiger partial charge >= 0.3 is 0 Å². The molecule has 6 heteroatoms. The minimum absolute atomic E-state index is 0.109. The summed E-state index contributed by atoms with van der Waals surface area (Å²) in [6, 6.07) is 14.6. The Bertz CT molecular complexity index is 821. The number of fused-ring (bicyclic) bond motifs is 1. The molecule has 0 saturated carbocycles. The quantitative estimate of drug-likeness (QED) is 0.772. The van der Waals surface area contributed by atoms with Crippen molar-refractivity contribution in [3.8, 4) is 11.5 Å². The molecule has 0 spiro atoms. The van der Waals surface area contributed by atoms with Gasteiger partial charge < -0.3 is 20.1 Å². The third-order valence-electron chi connectivity index (χ3n) is 4.58. The average molecular weight is 382 g/mol. The van der Waals surface area contributed by atoms with E-state index in [0.717, 1.165) is 11.3 Å². The van der Waals surface area contributed by atoms with Gasteiger partial charge in [0.25, 0.3) is 5.91 Å². The lowest BCUT2D eigenvalue weighted by Crippen LogP contribution is -2.35. The highest BCUT2D eigenvalue weighted by molar-refractivity contribution is 5.94. The summed E-state index contributed by atoms with van der Waals surface area (Å²) in [5.41, 5.74) is 1.56. The van der Waals surface area contributed by atoms with Gasteiger partial charge in [-0.2, -0.15) is 0 Å². The van der Waals surface area contributed by atoms with Crippen LogP contribution in [0.25, 0.3) is 0 Å². The first-order valence-corrected chi connectivity index (χ1v) is 9.57. The molecule has 1 aliphatic rings. The molecular formula is C22H26N2O4. The van der Waals surface area contributed by atoms with Crippen LogP contribution < -0.4 is 20.1 Å². The van der Waals surface area contributed by atoms with E-state index in [1.54, 1.807) is 12.1 Å². The van der Waals surface area contributed by atoms with Crippen LogP contribution in [0.2, 0.25) is 0 Å². The summed E-state index contributed by atoms with van der Waals surface area (Å²) in [6.07, 6.45) is 0.215. The van der Waals surface area contributed by atoms with E-state index in [-0.39, 0.29) is 36.7 Å². The molecule has 0 fully saturated rings. The summed E-state index contributed by atoms with van der Waals surface area (Å²) >= 11 is 0. The van der Waals surface area contributed by atoms with Crippen molar-refractivity contribution in [1.82, 2.24) is 10.6 Å². The normalized spacial score (nSPS) is 13.7. The van der Waals surface area contributed by atoms with Crippen molar-refractivity contribution in [2.75, 3.05) is 19.8 Å². The Hall–Kier alpha value is -3.02. The molecule has 1 atom stereocenters. The van der Waals surface area contributed by atoms with Crippen molar-refractivity contribution in [1.29, 1.82) is 0 Å². The molecule has 2 aromatic rings. The van der Waals surface area contributed by atoms with Crippen molar-refractivity contribution in [3.05, 3.63) is 59.7 Å². The Morgan fingerprint density at radius 2 is 1.71 bits per heavy atom. The number of benzene rings is 2. The van der Waals surface area contributed by atoms with Crippen molar-refractivity contribution in [2.24, 2.45) is 5.92 Å². The fourth-order valence-corrected chi connectivity index (χ4v) is 3.12. The highest BCUT2D eigenvalue weighted by Crippen LogP contribution is 2.34. The summed E-state index contributed by atoms with van der Waals surface area (Å²) in [7, 11) is 0. The fraction of sp³-hybridized carbons (Fsp3) is 0.364. The second kappa shape index (κ2) is 9.26. The summed E-state index contributed by atoms with van der Waals surface area (Å²) in [5.74, 6) is 1.35. The van der Waals surface area contributed by atoms with Gasteiger partial charge in [-0.3, -0.25) is 9.59 Å². The van der Waals surface area contributed by atoms with Crippen molar-refractivity contribution >= 4 is 11.8 Å². The summed E-state index contributed by atoms with van der Waals surface area (Å²) in [6.45, 7) is 5.46. The van der Waals surface area contributed by atoms with Crippen LogP contribution in [-0.4, -0.2) is 31.6 Å². The van der Waals surface area contributed by atoms with E-state index in [1.165, 1.54) is 0 Å². The van der Waals surface area contributed by atoms with Gasteiger partial charge in [0.15, 0.2) is 11.5 Å². The van der Waals surface area contributed by atoms with Crippen LogP contribution in [-0.2, 0) is 4.79 Å². The van der Waals surface area contributed by atoms with E-state index in [4.69, 9.17) is 9.47 Å². The Labute approximate surface area is 165 Å². The van der Waals surface area contributed by atoms with Crippen LogP contribution in [0.3, 0.4) is 0 Å². The smallest absolute Gasteiger partial charge is 0.251 e. The maximum Gasteiger partial charge on any atom is 0.251 e. The van der Waals surface area contributed by atoms with Gasteiger partial charge in [-0.1, -0.05) is 38.1 Å². The lowest BCUT2D eigenvalue weighted by Gasteiger charge is -2.25. The molecule has 0 saturated heterocycles. The Morgan fingerprint density at radius 1 is 1.00 bits per heavy atom. The predicted molar refractivity (Wildman–Crippen MR) is 107 cm³/mol. The molecule has 1 heterocycles. The van der Waals surface area contributed by atoms with Crippen molar-refractivity contribution < 1.29 is 19.1 Å². The minimum atomic E-state index is -0.180. The van der Waals surface area contributed by atoms with Gasteiger partial charge in [0.2, 0.25) is 5.91 Å². The topological polar surface area (TPSA) is 76.7 Å². The zero-order chi connectivity index (χ0) is 19.9. The maximum atomic E-state index is 12.4. The molecule has 1 aliphatic heterocycles. The first-order valence-electron chi connectivity index (χ1n) is 9.57. The monoisotopic (exact) mass is 382 g/mol. The van der Waals surface area contributed by atoms with Crippen molar-refractivity contribution in [3.63, 3.8) is 0 Å². The molecule has 6 nitrogen and oxygen atoms in total. The van der Waals surface area contributed by atoms with E-state index < -0.39 is 0 Å².